The summed E-state index contributed by atoms with van der Waals surface area (Å²) in [5, 5.41) is 7.19. The average molecular weight is 430 g/mol. The lowest BCUT2D eigenvalue weighted by molar-refractivity contribution is -0.0139. The van der Waals surface area contributed by atoms with Crippen LogP contribution in [0.15, 0.2) is 29.3 Å². The van der Waals surface area contributed by atoms with Crippen LogP contribution >= 0.6 is 0 Å². The first kappa shape index (κ1) is 22.2. The maximum atomic E-state index is 5.70. The fourth-order valence-electron chi connectivity index (χ4n) is 5.24. The molecule has 4 rings (SSSR count). The molecule has 0 amide bonds. The Morgan fingerprint density at radius 3 is 2.71 bits per heavy atom. The minimum absolute atomic E-state index is 0.163. The molecule has 31 heavy (non-hydrogen) atoms. The highest BCUT2D eigenvalue weighted by atomic mass is 16.5. The summed E-state index contributed by atoms with van der Waals surface area (Å²) in [7, 11) is 1.74. The first-order valence-electron chi connectivity index (χ1n) is 12.0. The van der Waals surface area contributed by atoms with Gasteiger partial charge in [-0.3, -0.25) is 9.89 Å². The summed E-state index contributed by atoms with van der Waals surface area (Å²) in [6.45, 7) is 9.94. The second-order valence-electron chi connectivity index (χ2n) is 8.97. The van der Waals surface area contributed by atoms with Gasteiger partial charge in [-0.25, -0.2) is 0 Å². The number of hydrogen-bond acceptors (Lipinski definition) is 5. The Hall–Kier alpha value is -1.99. The number of nitrogens with zero attached hydrogens (tertiary/aromatic N) is 3. The van der Waals surface area contributed by atoms with Crippen LogP contribution in [-0.4, -0.2) is 82.0 Å². The van der Waals surface area contributed by atoms with Crippen molar-refractivity contribution in [3.63, 3.8) is 0 Å². The zero-order chi connectivity index (χ0) is 21.5. The van der Waals surface area contributed by atoms with Crippen molar-refractivity contribution in [2.24, 2.45) is 4.99 Å². The van der Waals surface area contributed by atoms with Gasteiger partial charge >= 0.3 is 0 Å². The van der Waals surface area contributed by atoms with E-state index in [0.29, 0.717) is 6.04 Å². The van der Waals surface area contributed by atoms with Gasteiger partial charge in [0.2, 0.25) is 0 Å². The molecule has 7 nitrogen and oxygen atoms in total. The summed E-state index contributed by atoms with van der Waals surface area (Å²) in [5.41, 5.74) is 1.34. The Morgan fingerprint density at radius 1 is 1.19 bits per heavy atom. The second kappa shape index (κ2) is 10.6. The molecule has 1 aromatic rings. The van der Waals surface area contributed by atoms with Crippen LogP contribution in [0.1, 0.15) is 39.0 Å². The van der Waals surface area contributed by atoms with E-state index in [1.54, 1.807) is 7.11 Å². The van der Waals surface area contributed by atoms with Crippen molar-refractivity contribution < 1.29 is 9.47 Å². The van der Waals surface area contributed by atoms with Crippen LogP contribution in [0.3, 0.4) is 0 Å². The molecule has 3 heterocycles. The number of rotatable bonds is 7. The number of likely N-dealkylation sites (tertiary alicyclic amines) is 1. The van der Waals surface area contributed by atoms with Gasteiger partial charge in [0.25, 0.3) is 0 Å². The number of guanidine groups is 1. The number of aliphatic imine (C=N–C) groups is 1. The van der Waals surface area contributed by atoms with E-state index >= 15 is 0 Å². The average Bonchev–Trinajstić information content (AvgIpc) is 3.51. The zero-order valence-electron chi connectivity index (χ0n) is 19.2. The van der Waals surface area contributed by atoms with E-state index in [2.05, 4.69) is 39.5 Å². The molecule has 1 unspecified atom stereocenters. The second-order valence-corrected chi connectivity index (χ2v) is 8.97. The number of methoxy groups -OCH3 is 1. The maximum absolute atomic E-state index is 5.70. The summed E-state index contributed by atoms with van der Waals surface area (Å²) < 4.78 is 11.3. The van der Waals surface area contributed by atoms with Gasteiger partial charge in [0.1, 0.15) is 5.75 Å². The number of hydrogen-bond donors (Lipinski definition) is 2. The third-order valence-corrected chi connectivity index (χ3v) is 7.03. The largest absolute Gasteiger partial charge is 0.495 e. The fourth-order valence-corrected chi connectivity index (χ4v) is 5.24. The van der Waals surface area contributed by atoms with E-state index in [0.717, 1.165) is 70.4 Å². The smallest absolute Gasteiger partial charge is 0.191 e. The molecule has 3 aliphatic heterocycles. The molecule has 1 aromatic carbocycles. The van der Waals surface area contributed by atoms with Gasteiger partial charge in [-0.1, -0.05) is 12.1 Å². The van der Waals surface area contributed by atoms with Gasteiger partial charge < -0.3 is 25.0 Å². The Balaban J connectivity index is 1.41. The maximum Gasteiger partial charge on any atom is 0.191 e. The van der Waals surface area contributed by atoms with E-state index in [1.807, 2.05) is 12.1 Å². The number of ether oxygens (including phenoxy) is 2. The molecule has 0 spiro atoms. The molecule has 1 atom stereocenters. The van der Waals surface area contributed by atoms with Crippen LogP contribution in [0.25, 0.3) is 0 Å². The molecule has 0 aromatic heterocycles. The zero-order valence-corrected chi connectivity index (χ0v) is 19.2. The lowest BCUT2D eigenvalue weighted by Crippen LogP contribution is -2.54. The third-order valence-electron chi connectivity index (χ3n) is 7.03. The molecule has 0 aliphatic carbocycles. The summed E-state index contributed by atoms with van der Waals surface area (Å²) in [5.74, 6) is 1.88. The van der Waals surface area contributed by atoms with E-state index in [4.69, 9.17) is 14.5 Å². The number of nitrogens with one attached hydrogen (secondary N) is 2. The van der Waals surface area contributed by atoms with Crippen LogP contribution in [0.4, 0.5) is 5.69 Å². The summed E-state index contributed by atoms with van der Waals surface area (Å²) in [4.78, 5) is 10.2. The predicted octanol–water partition coefficient (Wildman–Crippen LogP) is 2.47. The number of benzene rings is 1. The van der Waals surface area contributed by atoms with Crippen LogP contribution in [0.2, 0.25) is 0 Å². The van der Waals surface area contributed by atoms with E-state index in [1.165, 1.54) is 31.6 Å². The molecule has 0 saturated carbocycles. The van der Waals surface area contributed by atoms with Crippen molar-refractivity contribution in [3.8, 4) is 5.75 Å². The minimum atomic E-state index is 0.163. The van der Waals surface area contributed by atoms with Gasteiger partial charge in [0.15, 0.2) is 5.96 Å². The number of anilines is 1. The number of para-hydroxylation sites is 2. The molecule has 172 valence electrons. The lowest BCUT2D eigenvalue weighted by Gasteiger charge is -2.43. The molecule has 0 radical (unpaired) electrons. The lowest BCUT2D eigenvalue weighted by atomic mass is 9.88. The first-order valence-corrected chi connectivity index (χ1v) is 12.0. The van der Waals surface area contributed by atoms with Gasteiger partial charge in [0.05, 0.1) is 19.3 Å². The van der Waals surface area contributed by atoms with Crippen molar-refractivity contribution in [1.29, 1.82) is 0 Å². The van der Waals surface area contributed by atoms with Crippen molar-refractivity contribution >= 4 is 11.6 Å². The normalized spacial score (nSPS) is 24.4. The van der Waals surface area contributed by atoms with Gasteiger partial charge in [-0.2, -0.15) is 0 Å². The highest BCUT2D eigenvalue weighted by Crippen LogP contribution is 2.32. The Bertz CT molecular complexity index is 728. The molecular weight excluding hydrogens is 390 g/mol. The summed E-state index contributed by atoms with van der Waals surface area (Å²) in [6, 6.07) is 8.66. The molecule has 7 heteroatoms. The summed E-state index contributed by atoms with van der Waals surface area (Å²) >= 11 is 0. The van der Waals surface area contributed by atoms with E-state index in [-0.39, 0.29) is 5.54 Å². The molecule has 3 aliphatic rings. The topological polar surface area (TPSA) is 61.4 Å². The van der Waals surface area contributed by atoms with Gasteiger partial charge in [0, 0.05) is 44.4 Å². The summed E-state index contributed by atoms with van der Waals surface area (Å²) in [6.07, 6.45) is 5.88. The quantitative estimate of drug-likeness (QED) is 0.513. The van der Waals surface area contributed by atoms with Crippen LogP contribution in [-0.2, 0) is 4.74 Å². The van der Waals surface area contributed by atoms with Crippen LogP contribution in [0, 0.1) is 0 Å². The Morgan fingerprint density at radius 2 is 1.97 bits per heavy atom. The Labute approximate surface area is 187 Å². The van der Waals surface area contributed by atoms with Crippen molar-refractivity contribution in [2.75, 3.05) is 64.5 Å². The standard InChI is InChI=1S/C24H39N5O2/c1-3-25-23(26-19-24(11-16-31-17-12-24)29-13-6-7-14-29)27-20-10-15-28(18-20)21-8-4-5-9-22(21)30-2/h4-5,8-9,20H,3,6-7,10-19H2,1-2H3,(H2,25,26,27). The highest BCUT2D eigenvalue weighted by molar-refractivity contribution is 5.80. The molecule has 0 bridgehead atoms. The van der Waals surface area contributed by atoms with Crippen molar-refractivity contribution in [1.82, 2.24) is 15.5 Å². The van der Waals surface area contributed by atoms with Crippen molar-refractivity contribution in [3.05, 3.63) is 24.3 Å². The molecular formula is C24H39N5O2. The predicted molar refractivity (Wildman–Crippen MR) is 126 cm³/mol. The van der Waals surface area contributed by atoms with E-state index < -0.39 is 0 Å². The van der Waals surface area contributed by atoms with Crippen LogP contribution < -0.4 is 20.3 Å². The SMILES string of the molecule is CCNC(=NCC1(N2CCCC2)CCOCC1)NC1CCN(c2ccccc2OC)C1. The van der Waals surface area contributed by atoms with Crippen molar-refractivity contribution in [2.45, 2.75) is 50.6 Å². The molecule has 2 N–H and O–H groups in total. The Kier molecular flexibility index (Phi) is 7.56. The monoisotopic (exact) mass is 429 g/mol. The first-order chi connectivity index (χ1) is 15.2. The molecule has 3 saturated heterocycles. The van der Waals surface area contributed by atoms with Crippen LogP contribution in [0.5, 0.6) is 5.75 Å². The van der Waals surface area contributed by atoms with E-state index in [9.17, 15) is 0 Å². The van der Waals surface area contributed by atoms with Gasteiger partial charge in [-0.15, -0.1) is 0 Å². The third kappa shape index (κ3) is 5.26. The fraction of sp³-hybridized carbons (Fsp3) is 0.708. The van der Waals surface area contributed by atoms with Gasteiger partial charge in [-0.05, 0) is 64.3 Å². The molecule has 3 fully saturated rings. The highest BCUT2D eigenvalue weighted by Gasteiger charge is 2.39. The minimum Gasteiger partial charge on any atom is -0.495 e.